The highest BCUT2D eigenvalue weighted by Gasteiger charge is 2.19. The van der Waals surface area contributed by atoms with Crippen molar-refractivity contribution in [1.29, 1.82) is 0 Å². The van der Waals surface area contributed by atoms with Crippen LogP contribution >= 0.6 is 0 Å². The lowest BCUT2D eigenvalue weighted by atomic mass is 9.86. The maximum Gasteiger partial charge on any atom is 0.255 e. The zero-order chi connectivity index (χ0) is 15.6. The molecular weight excluding hydrogens is 266 g/mol. The summed E-state index contributed by atoms with van der Waals surface area (Å²) < 4.78 is 0. The molecule has 0 saturated carbocycles. The molecule has 0 radical (unpaired) electrons. The van der Waals surface area contributed by atoms with Crippen LogP contribution in [-0.4, -0.2) is 16.1 Å². The maximum absolute atomic E-state index is 12.3. The van der Waals surface area contributed by atoms with Gasteiger partial charge in [-0.15, -0.1) is 0 Å². The summed E-state index contributed by atoms with van der Waals surface area (Å²) in [6, 6.07) is 11.6. The minimum absolute atomic E-state index is 0.0963. The molecule has 0 atom stereocenters. The predicted molar refractivity (Wildman–Crippen MR) is 82.9 cm³/mol. The Morgan fingerprint density at radius 1 is 1.00 bits per heavy atom. The fraction of sp³-hybridized carbons (Fsp3) is 0.235. The molecule has 0 heterocycles. The van der Waals surface area contributed by atoms with Crippen LogP contribution in [0.25, 0.3) is 0 Å². The van der Waals surface area contributed by atoms with E-state index in [0.717, 1.165) is 11.3 Å². The third-order valence-corrected chi connectivity index (χ3v) is 3.22. The highest BCUT2D eigenvalue weighted by atomic mass is 16.3. The number of anilines is 1. The topological polar surface area (TPSA) is 69.6 Å². The Kier molecular flexibility index (Phi) is 3.89. The van der Waals surface area contributed by atoms with Gasteiger partial charge >= 0.3 is 0 Å². The second-order valence-electron chi connectivity index (χ2n) is 5.95. The van der Waals surface area contributed by atoms with E-state index in [0.29, 0.717) is 0 Å². The van der Waals surface area contributed by atoms with Crippen molar-refractivity contribution in [3.05, 3.63) is 53.6 Å². The van der Waals surface area contributed by atoms with Gasteiger partial charge in [0.15, 0.2) is 11.5 Å². The van der Waals surface area contributed by atoms with E-state index in [4.69, 9.17) is 0 Å². The van der Waals surface area contributed by atoms with E-state index in [1.165, 1.54) is 18.2 Å². The Morgan fingerprint density at radius 2 is 1.67 bits per heavy atom. The number of carbonyl (C=O) groups excluding carboxylic acids is 1. The monoisotopic (exact) mass is 285 g/mol. The number of nitrogens with one attached hydrogen (secondary N) is 1. The molecule has 0 fully saturated rings. The summed E-state index contributed by atoms with van der Waals surface area (Å²) in [5.74, 6) is -0.893. The van der Waals surface area contributed by atoms with Crippen molar-refractivity contribution < 1.29 is 15.0 Å². The normalized spacial score (nSPS) is 11.2. The molecule has 21 heavy (non-hydrogen) atoms. The summed E-state index contributed by atoms with van der Waals surface area (Å²) in [6.45, 7) is 6.22. The summed E-state index contributed by atoms with van der Waals surface area (Å²) in [5, 5.41) is 21.6. The summed E-state index contributed by atoms with van der Waals surface area (Å²) in [6.07, 6.45) is 0. The third-order valence-electron chi connectivity index (χ3n) is 3.22. The number of aromatic hydroxyl groups is 2. The van der Waals surface area contributed by atoms with Crippen LogP contribution in [0.5, 0.6) is 11.5 Å². The number of para-hydroxylation sites is 1. The maximum atomic E-state index is 12.3. The molecule has 2 aromatic rings. The Bertz CT molecular complexity index is 672. The molecule has 0 aliphatic carbocycles. The molecule has 4 nitrogen and oxygen atoms in total. The van der Waals surface area contributed by atoms with Crippen molar-refractivity contribution in [2.45, 2.75) is 26.2 Å². The van der Waals surface area contributed by atoms with Crippen LogP contribution in [0.4, 0.5) is 5.69 Å². The average Bonchev–Trinajstić information content (AvgIpc) is 2.41. The van der Waals surface area contributed by atoms with Gasteiger partial charge in [-0.25, -0.2) is 0 Å². The summed E-state index contributed by atoms with van der Waals surface area (Å²) in [7, 11) is 0. The Hall–Kier alpha value is -2.49. The predicted octanol–water partition coefficient (Wildman–Crippen LogP) is 3.65. The van der Waals surface area contributed by atoms with E-state index in [1.54, 1.807) is 0 Å². The molecule has 4 heteroatoms. The molecule has 2 aromatic carbocycles. The zero-order valence-electron chi connectivity index (χ0n) is 12.3. The van der Waals surface area contributed by atoms with Crippen molar-refractivity contribution in [1.82, 2.24) is 0 Å². The van der Waals surface area contributed by atoms with Gasteiger partial charge in [-0.05, 0) is 35.2 Å². The van der Waals surface area contributed by atoms with Crippen LogP contribution in [0.2, 0.25) is 0 Å². The lowest BCUT2D eigenvalue weighted by molar-refractivity contribution is 0.102. The molecule has 0 spiro atoms. The second-order valence-corrected chi connectivity index (χ2v) is 5.95. The summed E-state index contributed by atoms with van der Waals surface area (Å²) >= 11 is 0. The Labute approximate surface area is 124 Å². The van der Waals surface area contributed by atoms with Crippen molar-refractivity contribution in [2.75, 3.05) is 5.32 Å². The minimum atomic E-state index is -0.331. The Morgan fingerprint density at radius 3 is 2.29 bits per heavy atom. The van der Waals surface area contributed by atoms with Gasteiger partial charge in [0.25, 0.3) is 5.91 Å². The minimum Gasteiger partial charge on any atom is -0.504 e. The lowest BCUT2D eigenvalue weighted by Crippen LogP contribution is -2.18. The van der Waals surface area contributed by atoms with Crippen molar-refractivity contribution in [2.24, 2.45) is 0 Å². The van der Waals surface area contributed by atoms with Gasteiger partial charge in [-0.2, -0.15) is 0 Å². The van der Waals surface area contributed by atoms with Crippen LogP contribution in [0.3, 0.4) is 0 Å². The lowest BCUT2D eigenvalue weighted by Gasteiger charge is -2.23. The van der Waals surface area contributed by atoms with Gasteiger partial charge < -0.3 is 15.5 Å². The van der Waals surface area contributed by atoms with Crippen molar-refractivity contribution in [3.8, 4) is 11.5 Å². The molecule has 0 aromatic heterocycles. The molecule has 0 saturated heterocycles. The fourth-order valence-corrected chi connectivity index (χ4v) is 2.11. The first-order chi connectivity index (χ1) is 9.79. The van der Waals surface area contributed by atoms with E-state index in [2.05, 4.69) is 26.1 Å². The van der Waals surface area contributed by atoms with Crippen LogP contribution in [-0.2, 0) is 5.41 Å². The first-order valence-corrected chi connectivity index (χ1v) is 6.72. The third kappa shape index (κ3) is 3.34. The highest BCUT2D eigenvalue weighted by Crippen LogP contribution is 2.30. The number of carbonyl (C=O) groups is 1. The number of phenolic OH excluding ortho intramolecular Hbond substituents is 2. The van der Waals surface area contributed by atoms with Crippen LogP contribution in [0.15, 0.2) is 42.5 Å². The number of hydrogen-bond acceptors (Lipinski definition) is 3. The number of amides is 1. The molecule has 0 aliphatic heterocycles. The molecule has 0 bridgehead atoms. The van der Waals surface area contributed by atoms with Gasteiger partial charge in [0.1, 0.15) is 0 Å². The van der Waals surface area contributed by atoms with Gasteiger partial charge in [0, 0.05) is 11.3 Å². The molecule has 0 unspecified atom stereocenters. The van der Waals surface area contributed by atoms with E-state index >= 15 is 0 Å². The second kappa shape index (κ2) is 5.48. The van der Waals surface area contributed by atoms with Crippen LogP contribution < -0.4 is 5.32 Å². The molecule has 3 N–H and O–H groups in total. The van der Waals surface area contributed by atoms with E-state index in [1.807, 2.05) is 24.3 Å². The average molecular weight is 285 g/mol. The fourth-order valence-electron chi connectivity index (χ4n) is 2.11. The summed E-state index contributed by atoms with van der Waals surface area (Å²) in [5.41, 5.74) is 1.96. The van der Waals surface area contributed by atoms with Crippen LogP contribution in [0, 0.1) is 0 Å². The van der Waals surface area contributed by atoms with Crippen molar-refractivity contribution >= 4 is 11.6 Å². The molecular formula is C17H19NO3. The largest absolute Gasteiger partial charge is 0.504 e. The first-order valence-electron chi connectivity index (χ1n) is 6.72. The van der Waals surface area contributed by atoms with E-state index < -0.39 is 0 Å². The smallest absolute Gasteiger partial charge is 0.255 e. The van der Waals surface area contributed by atoms with E-state index in [9.17, 15) is 15.0 Å². The zero-order valence-corrected chi connectivity index (χ0v) is 12.3. The first kappa shape index (κ1) is 14.9. The van der Waals surface area contributed by atoms with E-state index in [-0.39, 0.29) is 28.4 Å². The number of benzene rings is 2. The SMILES string of the molecule is CC(C)(C)c1ccccc1NC(=O)c1ccc(O)c(O)c1. The standard InChI is InChI=1S/C17H19NO3/c1-17(2,3)12-6-4-5-7-13(12)18-16(21)11-8-9-14(19)15(20)10-11/h4-10,19-20H,1-3H3,(H,18,21). The van der Waals surface area contributed by atoms with Gasteiger partial charge in [0.2, 0.25) is 0 Å². The molecule has 0 aliphatic rings. The van der Waals surface area contributed by atoms with Crippen LogP contribution in [0.1, 0.15) is 36.7 Å². The molecule has 1 amide bonds. The summed E-state index contributed by atoms with van der Waals surface area (Å²) in [4.78, 5) is 12.3. The molecule has 110 valence electrons. The number of hydrogen-bond donors (Lipinski definition) is 3. The van der Waals surface area contributed by atoms with Gasteiger partial charge in [-0.3, -0.25) is 4.79 Å². The molecule has 2 rings (SSSR count). The van der Waals surface area contributed by atoms with Gasteiger partial charge in [-0.1, -0.05) is 39.0 Å². The quantitative estimate of drug-likeness (QED) is 0.738. The van der Waals surface area contributed by atoms with Gasteiger partial charge in [0.05, 0.1) is 0 Å². The Balaban J connectivity index is 2.30. The highest BCUT2D eigenvalue weighted by molar-refractivity contribution is 6.05. The number of rotatable bonds is 2. The van der Waals surface area contributed by atoms with Crippen molar-refractivity contribution in [3.63, 3.8) is 0 Å². The number of phenols is 2.